The summed E-state index contributed by atoms with van der Waals surface area (Å²) in [5, 5.41) is 8.19. The Balaban J connectivity index is 1.95. The summed E-state index contributed by atoms with van der Waals surface area (Å²) in [6, 6.07) is 4.58. The Morgan fingerprint density at radius 1 is 1.27 bits per heavy atom. The van der Waals surface area contributed by atoms with Crippen LogP contribution >= 0.6 is 0 Å². The van der Waals surface area contributed by atoms with Crippen LogP contribution in [0, 0.1) is 0 Å². The molecule has 7 nitrogen and oxygen atoms in total. The molecule has 0 amide bonds. The van der Waals surface area contributed by atoms with Gasteiger partial charge in [0, 0.05) is 6.20 Å². The molecule has 0 atom stereocenters. The number of amidine groups is 1. The number of fused-ring (bicyclic) bond motifs is 1. The van der Waals surface area contributed by atoms with E-state index in [9.17, 15) is 0 Å². The van der Waals surface area contributed by atoms with E-state index in [1.54, 1.807) is 6.20 Å². The lowest BCUT2D eigenvalue weighted by atomic mass is 10.2. The van der Waals surface area contributed by atoms with Crippen LogP contribution in [0.5, 0.6) is 0 Å². The molecule has 0 N–H and O–H groups in total. The molecule has 2 aromatic rings. The average molecular weight is 303 g/mol. The highest BCUT2D eigenvalue weighted by Crippen LogP contribution is 2.08. The van der Waals surface area contributed by atoms with Crippen molar-refractivity contribution in [3.8, 4) is 0 Å². The van der Waals surface area contributed by atoms with Crippen molar-refractivity contribution in [1.82, 2.24) is 25.0 Å². The summed E-state index contributed by atoms with van der Waals surface area (Å²) >= 11 is 0. The molecule has 0 unspecified atom stereocenters. The summed E-state index contributed by atoms with van der Waals surface area (Å²) < 4.78 is 2.30. The monoisotopic (exact) mass is 303 g/mol. The molecule has 0 spiro atoms. The van der Waals surface area contributed by atoms with Crippen LogP contribution in [0.25, 0.3) is 11.2 Å². The molecule has 7 heteroatoms. The molecule has 1 aliphatic rings. The number of rotatable bonds is 3. The van der Waals surface area contributed by atoms with Gasteiger partial charge in [-0.3, -0.25) is 4.84 Å². The number of hydrogen-bond acceptors (Lipinski definition) is 4. The fraction of sp³-hybridized carbons (Fsp3) is 0.600. The average Bonchev–Trinajstić information content (AvgIpc) is 2.99. The van der Waals surface area contributed by atoms with Gasteiger partial charge in [-0.25, -0.2) is 14.5 Å². The molecule has 1 aliphatic heterocycles. The Morgan fingerprint density at radius 2 is 2.05 bits per heavy atom. The van der Waals surface area contributed by atoms with E-state index in [-0.39, 0.29) is 0 Å². The normalized spacial score (nSPS) is 15.1. The van der Waals surface area contributed by atoms with Crippen molar-refractivity contribution in [3.05, 3.63) is 18.3 Å². The Hall–Kier alpha value is -2.18. The summed E-state index contributed by atoms with van der Waals surface area (Å²) in [7, 11) is 0. The molecule has 0 aliphatic carbocycles. The van der Waals surface area contributed by atoms with Gasteiger partial charge in [0.1, 0.15) is 5.52 Å². The summed E-state index contributed by atoms with van der Waals surface area (Å²) in [4.78, 5) is 14.1. The van der Waals surface area contributed by atoms with E-state index in [1.165, 1.54) is 24.1 Å². The van der Waals surface area contributed by atoms with E-state index in [0.29, 0.717) is 5.65 Å². The van der Waals surface area contributed by atoms with E-state index < -0.39 is 0 Å². The number of hydrogen-bond donors (Lipinski definition) is 0. The lowest BCUT2D eigenvalue weighted by Crippen LogP contribution is -2.46. The first kappa shape index (κ1) is 14.7. The molecule has 0 aromatic carbocycles. The maximum absolute atomic E-state index is 6.10. The predicted molar refractivity (Wildman–Crippen MR) is 83.7 cm³/mol. The maximum atomic E-state index is 6.10. The van der Waals surface area contributed by atoms with Crippen molar-refractivity contribution in [2.75, 3.05) is 26.2 Å². The number of aromatic nitrogens is 4. The standard InChI is InChI=1S/C15H23N6O/c1-3-19(4-2)15(20-11-6-5-7-12-20)22-21-14-13(17-18-21)9-8-10-16-14/h8-10H,3-7,11-12H2,1-2H3/q+1. The van der Waals surface area contributed by atoms with Gasteiger partial charge in [0.2, 0.25) is 5.65 Å². The lowest BCUT2D eigenvalue weighted by molar-refractivity contribution is -0.550. The molecular weight excluding hydrogens is 280 g/mol. The van der Waals surface area contributed by atoms with Crippen LogP contribution in [0.3, 0.4) is 0 Å². The molecule has 0 bridgehead atoms. The minimum absolute atomic E-state index is 0.643. The van der Waals surface area contributed by atoms with Crippen LogP contribution in [0.2, 0.25) is 0 Å². The first-order valence-electron chi connectivity index (χ1n) is 8.05. The van der Waals surface area contributed by atoms with Gasteiger partial charge in [-0.2, -0.15) is 0 Å². The third kappa shape index (κ3) is 2.88. The third-order valence-corrected chi connectivity index (χ3v) is 4.01. The zero-order valence-corrected chi connectivity index (χ0v) is 13.3. The smallest absolute Gasteiger partial charge is 0.277 e. The predicted octanol–water partition coefficient (Wildman–Crippen LogP) is 1.15. The van der Waals surface area contributed by atoms with Crippen LogP contribution < -0.4 is 4.84 Å². The van der Waals surface area contributed by atoms with Crippen molar-refractivity contribution in [2.24, 2.45) is 0 Å². The number of pyridine rings is 1. The fourth-order valence-corrected chi connectivity index (χ4v) is 2.78. The van der Waals surface area contributed by atoms with Crippen molar-refractivity contribution < 1.29 is 9.41 Å². The summed E-state index contributed by atoms with van der Waals surface area (Å²) in [6.07, 6.45) is 5.41. The third-order valence-electron chi connectivity index (χ3n) is 4.01. The second-order valence-electron chi connectivity index (χ2n) is 5.40. The van der Waals surface area contributed by atoms with E-state index in [4.69, 9.17) is 4.84 Å². The SMILES string of the molecule is CCN(CC)C(On1nnc2cccnc21)=[N+]1CCCCC1. The van der Waals surface area contributed by atoms with Crippen LogP contribution in [0.1, 0.15) is 33.1 Å². The quantitative estimate of drug-likeness (QED) is 0.629. The van der Waals surface area contributed by atoms with E-state index in [1.807, 2.05) is 12.1 Å². The van der Waals surface area contributed by atoms with Crippen molar-refractivity contribution in [2.45, 2.75) is 33.1 Å². The minimum atomic E-state index is 0.643. The molecule has 3 rings (SSSR count). The second kappa shape index (κ2) is 6.72. The van der Waals surface area contributed by atoms with Crippen molar-refractivity contribution in [3.63, 3.8) is 0 Å². The van der Waals surface area contributed by atoms with Gasteiger partial charge < -0.3 is 0 Å². The Kier molecular flexibility index (Phi) is 4.50. The van der Waals surface area contributed by atoms with Gasteiger partial charge in [0.25, 0.3) is 0 Å². The van der Waals surface area contributed by atoms with E-state index >= 15 is 0 Å². The first-order chi connectivity index (χ1) is 10.8. The van der Waals surface area contributed by atoms with Gasteiger partial charge in [-0.15, -0.1) is 5.10 Å². The second-order valence-corrected chi connectivity index (χ2v) is 5.40. The zero-order chi connectivity index (χ0) is 15.4. The molecular formula is C15H23N6O+. The van der Waals surface area contributed by atoms with Crippen LogP contribution in [0.15, 0.2) is 18.3 Å². The number of piperidine rings is 1. The Labute approximate surface area is 130 Å². The summed E-state index contributed by atoms with van der Waals surface area (Å²) in [5.74, 6) is 0. The molecule has 0 radical (unpaired) electrons. The van der Waals surface area contributed by atoms with Gasteiger partial charge in [0.15, 0.2) is 0 Å². The van der Waals surface area contributed by atoms with Gasteiger partial charge in [0.05, 0.1) is 26.2 Å². The Bertz CT molecular complexity index is 653. The van der Waals surface area contributed by atoms with Crippen molar-refractivity contribution in [1.29, 1.82) is 0 Å². The molecule has 3 heterocycles. The molecule has 0 saturated carbocycles. The fourth-order valence-electron chi connectivity index (χ4n) is 2.78. The molecule has 118 valence electrons. The highest BCUT2D eigenvalue weighted by atomic mass is 16.7. The van der Waals surface area contributed by atoms with Gasteiger partial charge >= 0.3 is 6.02 Å². The van der Waals surface area contributed by atoms with Crippen molar-refractivity contribution >= 4 is 17.2 Å². The first-order valence-corrected chi connectivity index (χ1v) is 8.05. The summed E-state index contributed by atoms with van der Waals surface area (Å²) in [5.41, 5.74) is 1.38. The zero-order valence-electron chi connectivity index (χ0n) is 13.3. The molecule has 2 aromatic heterocycles. The molecule has 1 fully saturated rings. The molecule has 22 heavy (non-hydrogen) atoms. The van der Waals surface area contributed by atoms with Gasteiger partial charge in [-0.1, -0.05) is 0 Å². The van der Waals surface area contributed by atoms with Crippen LogP contribution in [0.4, 0.5) is 0 Å². The largest absolute Gasteiger partial charge is 0.472 e. The highest BCUT2D eigenvalue weighted by molar-refractivity contribution is 5.72. The van der Waals surface area contributed by atoms with Gasteiger partial charge in [-0.05, 0) is 55.3 Å². The number of nitrogens with zero attached hydrogens (tertiary/aromatic N) is 6. The summed E-state index contributed by atoms with van der Waals surface area (Å²) in [6.45, 7) is 8.09. The Morgan fingerprint density at radius 3 is 2.77 bits per heavy atom. The highest BCUT2D eigenvalue weighted by Gasteiger charge is 2.26. The van der Waals surface area contributed by atoms with E-state index in [2.05, 4.69) is 38.6 Å². The maximum Gasteiger partial charge on any atom is 0.472 e. The van der Waals surface area contributed by atoms with E-state index in [0.717, 1.165) is 37.7 Å². The molecule has 1 saturated heterocycles. The topological polar surface area (TPSA) is 59.1 Å². The van der Waals surface area contributed by atoms with Crippen LogP contribution in [-0.2, 0) is 0 Å². The minimum Gasteiger partial charge on any atom is -0.277 e. The van der Waals surface area contributed by atoms with Crippen LogP contribution in [-0.4, -0.2) is 61.8 Å². The lowest BCUT2D eigenvalue weighted by Gasteiger charge is -2.21.